The van der Waals surface area contributed by atoms with Crippen LogP contribution in [-0.4, -0.2) is 27.2 Å². The number of aliphatic hydroxyl groups excluding tert-OH is 1. The van der Waals surface area contributed by atoms with Crippen LogP contribution in [0, 0.1) is 22.5 Å². The first-order valence-electron chi connectivity index (χ1n) is 6.35. The van der Waals surface area contributed by atoms with Gasteiger partial charge in [-0.1, -0.05) is 13.8 Å². The lowest BCUT2D eigenvalue weighted by molar-refractivity contribution is -0.391. The number of rotatable bonds is 4. The molecule has 6 nitrogen and oxygen atoms in total. The summed E-state index contributed by atoms with van der Waals surface area (Å²) in [5.74, 6) is -0.0907. The fraction of sp³-hybridized carbons (Fsp3) is 0.615. The molecular weight excluding hydrogens is 248 g/mol. The maximum atomic E-state index is 11.0. The zero-order valence-electron chi connectivity index (χ0n) is 11.3. The van der Waals surface area contributed by atoms with E-state index in [1.165, 1.54) is 0 Å². The van der Waals surface area contributed by atoms with E-state index in [1.807, 2.05) is 13.8 Å². The number of aliphatic hydroxyl groups is 1. The molecule has 0 spiro atoms. The summed E-state index contributed by atoms with van der Waals surface area (Å²) in [7, 11) is 0. The zero-order chi connectivity index (χ0) is 14.2. The maximum absolute atomic E-state index is 11.0. The molecular formula is C13H18N2O4. The summed E-state index contributed by atoms with van der Waals surface area (Å²) in [6, 6.07) is 3.25. The van der Waals surface area contributed by atoms with Crippen LogP contribution in [0.4, 0.5) is 5.82 Å². The molecule has 1 aromatic heterocycles. The Morgan fingerprint density at radius 3 is 2.84 bits per heavy atom. The van der Waals surface area contributed by atoms with Crippen LogP contribution in [0.2, 0.25) is 0 Å². The van der Waals surface area contributed by atoms with E-state index in [-0.39, 0.29) is 23.1 Å². The summed E-state index contributed by atoms with van der Waals surface area (Å²) in [6.45, 7) is 5.60. The summed E-state index contributed by atoms with van der Waals surface area (Å²) in [4.78, 5) is 14.3. The van der Waals surface area contributed by atoms with Gasteiger partial charge in [0.2, 0.25) is 5.75 Å². The first-order valence-corrected chi connectivity index (χ1v) is 6.35. The second-order valence-corrected chi connectivity index (χ2v) is 5.25. The lowest BCUT2D eigenvalue weighted by Crippen LogP contribution is -2.57. The predicted molar refractivity (Wildman–Crippen MR) is 69.1 cm³/mol. The molecule has 1 aromatic rings. The van der Waals surface area contributed by atoms with Crippen molar-refractivity contribution in [2.24, 2.45) is 5.41 Å². The van der Waals surface area contributed by atoms with Gasteiger partial charge in [-0.3, -0.25) is 0 Å². The Kier molecular flexibility index (Phi) is 3.45. The smallest absolute Gasteiger partial charge is 0.406 e. The zero-order valence-corrected chi connectivity index (χ0v) is 11.3. The lowest BCUT2D eigenvalue weighted by atomic mass is 9.63. The standard InChI is InChI=1S/C13H18N2O4/c1-4-13(3)10(16)7-11(13)19-9-6-5-8(2)14-12(9)15(17)18/h5-6,10-11,16H,4,7H2,1-3H3. The highest BCUT2D eigenvalue weighted by Crippen LogP contribution is 2.46. The average Bonchev–Trinajstić information content (AvgIpc) is 2.38. The summed E-state index contributed by atoms with van der Waals surface area (Å²) < 4.78 is 5.71. The molecule has 1 aliphatic carbocycles. The van der Waals surface area contributed by atoms with Crippen LogP contribution >= 0.6 is 0 Å². The van der Waals surface area contributed by atoms with Crippen molar-refractivity contribution in [3.63, 3.8) is 0 Å². The summed E-state index contributed by atoms with van der Waals surface area (Å²) in [5.41, 5.74) is 0.226. The first kappa shape index (κ1) is 13.7. The minimum atomic E-state index is -0.541. The minimum Gasteiger partial charge on any atom is -0.482 e. The van der Waals surface area contributed by atoms with Crippen molar-refractivity contribution in [2.45, 2.75) is 45.8 Å². The van der Waals surface area contributed by atoms with Gasteiger partial charge in [-0.25, -0.2) is 0 Å². The van der Waals surface area contributed by atoms with Crippen LogP contribution in [0.5, 0.6) is 5.75 Å². The van der Waals surface area contributed by atoms with Crippen LogP contribution < -0.4 is 4.74 Å². The molecule has 1 fully saturated rings. The topological polar surface area (TPSA) is 85.5 Å². The van der Waals surface area contributed by atoms with E-state index in [4.69, 9.17) is 4.74 Å². The normalized spacial score (nSPS) is 29.7. The van der Waals surface area contributed by atoms with E-state index < -0.39 is 11.0 Å². The van der Waals surface area contributed by atoms with Crippen molar-refractivity contribution in [1.82, 2.24) is 4.98 Å². The molecule has 1 N–H and O–H groups in total. The van der Waals surface area contributed by atoms with Crippen molar-refractivity contribution >= 4 is 5.82 Å². The van der Waals surface area contributed by atoms with E-state index >= 15 is 0 Å². The highest BCUT2D eigenvalue weighted by atomic mass is 16.6. The molecule has 0 aliphatic heterocycles. The van der Waals surface area contributed by atoms with Crippen LogP contribution in [0.1, 0.15) is 32.4 Å². The molecule has 1 heterocycles. The molecule has 0 saturated heterocycles. The summed E-state index contributed by atoms with van der Waals surface area (Å²) in [6.07, 6.45) is 0.622. The van der Waals surface area contributed by atoms with Crippen LogP contribution in [0.3, 0.4) is 0 Å². The number of ether oxygens (including phenoxy) is 1. The highest BCUT2D eigenvalue weighted by Gasteiger charge is 2.52. The van der Waals surface area contributed by atoms with Crippen LogP contribution in [0.25, 0.3) is 0 Å². The van der Waals surface area contributed by atoms with Crippen LogP contribution in [0.15, 0.2) is 12.1 Å². The van der Waals surface area contributed by atoms with Crippen molar-refractivity contribution in [3.8, 4) is 5.75 Å². The largest absolute Gasteiger partial charge is 0.482 e. The average molecular weight is 266 g/mol. The number of aromatic nitrogens is 1. The number of hydrogen-bond donors (Lipinski definition) is 1. The number of nitro groups is 1. The van der Waals surface area contributed by atoms with Crippen molar-refractivity contribution in [3.05, 3.63) is 27.9 Å². The third kappa shape index (κ3) is 2.28. The van der Waals surface area contributed by atoms with Gasteiger partial charge in [-0.15, -0.1) is 0 Å². The highest BCUT2D eigenvalue weighted by molar-refractivity contribution is 5.40. The molecule has 19 heavy (non-hydrogen) atoms. The Morgan fingerprint density at radius 2 is 2.32 bits per heavy atom. The van der Waals surface area contributed by atoms with Gasteiger partial charge in [-0.2, -0.15) is 0 Å². The Hall–Kier alpha value is -1.69. The van der Waals surface area contributed by atoms with Crippen molar-refractivity contribution in [1.29, 1.82) is 0 Å². The molecule has 1 saturated carbocycles. The Bertz CT molecular complexity index is 505. The number of hydrogen-bond acceptors (Lipinski definition) is 5. The van der Waals surface area contributed by atoms with E-state index in [2.05, 4.69) is 4.98 Å². The van der Waals surface area contributed by atoms with Gasteiger partial charge in [0.05, 0.1) is 6.10 Å². The second-order valence-electron chi connectivity index (χ2n) is 5.25. The number of nitrogens with zero attached hydrogens (tertiary/aromatic N) is 2. The second kappa shape index (κ2) is 4.77. The third-order valence-electron chi connectivity index (χ3n) is 4.12. The van der Waals surface area contributed by atoms with Gasteiger partial charge in [0.25, 0.3) is 0 Å². The molecule has 1 aliphatic rings. The molecule has 3 unspecified atom stereocenters. The summed E-state index contributed by atoms with van der Waals surface area (Å²) >= 11 is 0. The molecule has 0 bridgehead atoms. The van der Waals surface area contributed by atoms with E-state index in [9.17, 15) is 15.2 Å². The molecule has 6 heteroatoms. The van der Waals surface area contributed by atoms with Gasteiger partial charge in [0, 0.05) is 18.8 Å². The number of aryl methyl sites for hydroxylation is 1. The SMILES string of the molecule is CCC1(C)C(O)CC1Oc1ccc(C)nc1[N+](=O)[O-]. The van der Waals surface area contributed by atoms with Crippen molar-refractivity contribution in [2.75, 3.05) is 0 Å². The molecule has 0 radical (unpaired) electrons. The van der Waals surface area contributed by atoms with Gasteiger partial charge in [-0.05, 0) is 28.5 Å². The summed E-state index contributed by atoms with van der Waals surface area (Å²) in [5, 5.41) is 20.8. The van der Waals surface area contributed by atoms with E-state index in [0.717, 1.165) is 6.42 Å². The fourth-order valence-corrected chi connectivity index (χ4v) is 2.35. The number of pyridine rings is 1. The van der Waals surface area contributed by atoms with Gasteiger partial charge >= 0.3 is 5.82 Å². The predicted octanol–water partition coefficient (Wildman–Crippen LogP) is 2.23. The minimum absolute atomic E-state index is 0.173. The molecule has 0 aromatic carbocycles. The fourth-order valence-electron chi connectivity index (χ4n) is 2.35. The first-order chi connectivity index (χ1) is 8.88. The van der Waals surface area contributed by atoms with E-state index in [1.54, 1.807) is 19.1 Å². The van der Waals surface area contributed by atoms with Gasteiger partial charge in [0.1, 0.15) is 11.8 Å². The van der Waals surface area contributed by atoms with Crippen molar-refractivity contribution < 1.29 is 14.8 Å². The molecule has 2 rings (SSSR count). The van der Waals surface area contributed by atoms with Gasteiger partial charge < -0.3 is 20.0 Å². The lowest BCUT2D eigenvalue weighted by Gasteiger charge is -2.50. The Labute approximate surface area is 111 Å². The quantitative estimate of drug-likeness (QED) is 0.667. The Morgan fingerprint density at radius 1 is 1.63 bits per heavy atom. The van der Waals surface area contributed by atoms with E-state index in [0.29, 0.717) is 12.1 Å². The third-order valence-corrected chi connectivity index (χ3v) is 4.12. The molecule has 3 atom stereocenters. The maximum Gasteiger partial charge on any atom is 0.406 e. The Balaban J connectivity index is 2.23. The van der Waals surface area contributed by atoms with Crippen LogP contribution in [-0.2, 0) is 0 Å². The monoisotopic (exact) mass is 266 g/mol. The molecule has 0 amide bonds. The molecule has 104 valence electrons. The van der Waals surface area contributed by atoms with Gasteiger partial charge in [0.15, 0.2) is 0 Å².